The van der Waals surface area contributed by atoms with Crippen LogP contribution in [0, 0.1) is 0 Å². The van der Waals surface area contributed by atoms with Gasteiger partial charge in [-0.3, -0.25) is 0 Å². The van der Waals surface area contributed by atoms with Gasteiger partial charge in [0.2, 0.25) is 0 Å². The quantitative estimate of drug-likeness (QED) is 0.798. The average Bonchev–Trinajstić information content (AvgIpc) is 2.65. The van der Waals surface area contributed by atoms with E-state index in [0.717, 1.165) is 0 Å². The smallest absolute Gasteiger partial charge is 0.0767 e. The standard InChI is InChI=1S/C20H23N.BrH/c1-21(2)15-7-12-20-18-10-5-3-8-16(18)13-14-17-9-4-6-11-19(17)20;/h3-6,8-11,13-14,20H,7,12,15H2,1-2H3;1H. The molecule has 0 saturated carbocycles. The highest BCUT2D eigenvalue weighted by Gasteiger charge is 2.20. The monoisotopic (exact) mass is 357 g/mol. The molecule has 1 N–H and O–H groups in total. The van der Waals surface area contributed by atoms with Crippen LogP contribution in [0.1, 0.15) is 41.0 Å². The Morgan fingerprint density at radius 1 is 0.818 bits per heavy atom. The topological polar surface area (TPSA) is 4.44 Å². The van der Waals surface area contributed by atoms with Crippen molar-refractivity contribution in [1.82, 2.24) is 0 Å². The van der Waals surface area contributed by atoms with Crippen LogP contribution in [0.4, 0.5) is 0 Å². The SMILES string of the molecule is C[NH+](C)CCCC1c2ccccc2C=Cc2ccccc21.[Br-]. The summed E-state index contributed by atoms with van der Waals surface area (Å²) in [5, 5.41) is 0. The molecule has 0 amide bonds. The van der Waals surface area contributed by atoms with Gasteiger partial charge in [-0.25, -0.2) is 0 Å². The van der Waals surface area contributed by atoms with Crippen molar-refractivity contribution in [1.29, 1.82) is 0 Å². The minimum Gasteiger partial charge on any atom is -1.00 e. The van der Waals surface area contributed by atoms with Gasteiger partial charge in [0.05, 0.1) is 20.6 Å². The number of halogens is 1. The summed E-state index contributed by atoms with van der Waals surface area (Å²) >= 11 is 0. The molecule has 0 atom stereocenters. The fraction of sp³-hybridized carbons (Fsp3) is 0.300. The number of hydrogen-bond donors (Lipinski definition) is 1. The summed E-state index contributed by atoms with van der Waals surface area (Å²) < 4.78 is 0. The van der Waals surface area contributed by atoms with Gasteiger partial charge in [0.15, 0.2) is 0 Å². The van der Waals surface area contributed by atoms with E-state index in [2.05, 4.69) is 74.8 Å². The lowest BCUT2D eigenvalue weighted by atomic mass is 9.84. The Hall–Kier alpha value is -1.38. The molecule has 0 aromatic heterocycles. The van der Waals surface area contributed by atoms with Gasteiger partial charge in [-0.15, -0.1) is 0 Å². The molecule has 0 unspecified atom stereocenters. The fourth-order valence-electron chi connectivity index (χ4n) is 3.28. The zero-order chi connectivity index (χ0) is 14.7. The first-order valence-corrected chi connectivity index (χ1v) is 7.90. The average molecular weight is 358 g/mol. The fourth-order valence-corrected chi connectivity index (χ4v) is 3.28. The molecule has 0 radical (unpaired) electrons. The Balaban J connectivity index is 0.00000176. The molecule has 0 fully saturated rings. The van der Waals surface area contributed by atoms with Crippen molar-refractivity contribution in [3.8, 4) is 0 Å². The van der Waals surface area contributed by atoms with Crippen LogP contribution in [0.3, 0.4) is 0 Å². The van der Waals surface area contributed by atoms with Gasteiger partial charge in [-0.2, -0.15) is 0 Å². The molecule has 22 heavy (non-hydrogen) atoms. The Labute approximate surface area is 144 Å². The molecule has 1 aliphatic rings. The van der Waals surface area contributed by atoms with Crippen LogP contribution in [0.15, 0.2) is 48.5 Å². The minimum atomic E-state index is 0. The van der Waals surface area contributed by atoms with Crippen molar-refractivity contribution in [2.75, 3.05) is 20.6 Å². The maximum absolute atomic E-state index is 2.30. The zero-order valence-corrected chi connectivity index (χ0v) is 14.9. The van der Waals surface area contributed by atoms with E-state index >= 15 is 0 Å². The van der Waals surface area contributed by atoms with E-state index in [0.29, 0.717) is 5.92 Å². The lowest BCUT2D eigenvalue weighted by molar-refractivity contribution is -0.858. The number of fused-ring (bicyclic) bond motifs is 2. The van der Waals surface area contributed by atoms with Gasteiger partial charge in [-0.05, 0) is 35.1 Å². The maximum Gasteiger partial charge on any atom is 0.0767 e. The van der Waals surface area contributed by atoms with Gasteiger partial charge in [0.25, 0.3) is 0 Å². The van der Waals surface area contributed by atoms with Gasteiger partial charge in [-0.1, -0.05) is 60.7 Å². The largest absolute Gasteiger partial charge is 1.00 e. The number of hydrogen-bond acceptors (Lipinski definition) is 0. The highest BCUT2D eigenvalue weighted by Crippen LogP contribution is 2.37. The van der Waals surface area contributed by atoms with Crippen LogP contribution >= 0.6 is 0 Å². The first-order valence-electron chi connectivity index (χ1n) is 7.90. The van der Waals surface area contributed by atoms with Crippen LogP contribution < -0.4 is 21.9 Å². The van der Waals surface area contributed by atoms with Gasteiger partial charge in [0, 0.05) is 5.92 Å². The molecule has 116 valence electrons. The second-order valence-electron chi connectivity index (χ2n) is 6.24. The number of quaternary nitrogens is 1. The van der Waals surface area contributed by atoms with E-state index in [4.69, 9.17) is 0 Å². The summed E-state index contributed by atoms with van der Waals surface area (Å²) in [5.74, 6) is 0.520. The summed E-state index contributed by atoms with van der Waals surface area (Å²) in [6.45, 7) is 1.23. The van der Waals surface area contributed by atoms with E-state index < -0.39 is 0 Å². The Bertz CT molecular complexity index is 596. The summed E-state index contributed by atoms with van der Waals surface area (Å²) in [4.78, 5) is 1.53. The Kier molecular flexibility index (Phi) is 5.98. The van der Waals surface area contributed by atoms with E-state index in [-0.39, 0.29) is 17.0 Å². The highest BCUT2D eigenvalue weighted by atomic mass is 79.9. The molecule has 3 rings (SSSR count). The summed E-state index contributed by atoms with van der Waals surface area (Å²) in [5.41, 5.74) is 5.70. The van der Waals surface area contributed by atoms with Crippen LogP contribution in [-0.4, -0.2) is 20.6 Å². The molecule has 1 nitrogen and oxygen atoms in total. The second kappa shape index (κ2) is 7.75. The van der Waals surface area contributed by atoms with Gasteiger partial charge in [0.1, 0.15) is 0 Å². The number of nitrogens with one attached hydrogen (secondary N) is 1. The van der Waals surface area contributed by atoms with Crippen molar-refractivity contribution >= 4 is 12.2 Å². The molecule has 1 aliphatic carbocycles. The van der Waals surface area contributed by atoms with E-state index in [1.54, 1.807) is 0 Å². The number of rotatable bonds is 4. The molecule has 2 aromatic rings. The second-order valence-corrected chi connectivity index (χ2v) is 6.24. The van der Waals surface area contributed by atoms with Crippen LogP contribution in [0.2, 0.25) is 0 Å². The Morgan fingerprint density at radius 3 is 1.82 bits per heavy atom. The first-order chi connectivity index (χ1) is 10.3. The van der Waals surface area contributed by atoms with E-state index in [1.807, 2.05) is 0 Å². The highest BCUT2D eigenvalue weighted by molar-refractivity contribution is 5.76. The van der Waals surface area contributed by atoms with Crippen molar-refractivity contribution in [3.63, 3.8) is 0 Å². The van der Waals surface area contributed by atoms with Crippen molar-refractivity contribution < 1.29 is 21.9 Å². The van der Waals surface area contributed by atoms with E-state index in [1.165, 1.54) is 46.5 Å². The van der Waals surface area contributed by atoms with Crippen LogP contribution in [0.5, 0.6) is 0 Å². The molecule has 0 bridgehead atoms. The van der Waals surface area contributed by atoms with Crippen LogP contribution in [0.25, 0.3) is 12.2 Å². The lowest BCUT2D eigenvalue weighted by Crippen LogP contribution is -3.05. The molecular weight excluding hydrogens is 334 g/mol. The van der Waals surface area contributed by atoms with Crippen LogP contribution in [-0.2, 0) is 0 Å². The minimum absolute atomic E-state index is 0. The normalized spacial score (nSPS) is 13.2. The van der Waals surface area contributed by atoms with Crippen molar-refractivity contribution in [2.24, 2.45) is 0 Å². The molecule has 0 spiro atoms. The predicted molar refractivity (Wildman–Crippen MR) is 90.6 cm³/mol. The molecule has 0 heterocycles. The van der Waals surface area contributed by atoms with Crippen molar-refractivity contribution in [3.05, 3.63) is 70.8 Å². The lowest BCUT2D eigenvalue weighted by Gasteiger charge is -2.20. The summed E-state index contributed by atoms with van der Waals surface area (Å²) in [6.07, 6.45) is 7.02. The Morgan fingerprint density at radius 2 is 1.32 bits per heavy atom. The molecule has 2 heteroatoms. The maximum atomic E-state index is 2.30. The van der Waals surface area contributed by atoms with Crippen molar-refractivity contribution in [2.45, 2.75) is 18.8 Å². The predicted octanol–water partition coefficient (Wildman–Crippen LogP) is 0.231. The first kappa shape index (κ1) is 17.0. The third-order valence-corrected chi connectivity index (χ3v) is 4.35. The molecule has 2 aromatic carbocycles. The van der Waals surface area contributed by atoms with Gasteiger partial charge < -0.3 is 21.9 Å². The summed E-state index contributed by atoms with van der Waals surface area (Å²) in [7, 11) is 4.47. The van der Waals surface area contributed by atoms with E-state index in [9.17, 15) is 0 Å². The molecule has 0 aliphatic heterocycles. The third-order valence-electron chi connectivity index (χ3n) is 4.35. The molecular formula is C20H24BrN. The summed E-state index contributed by atoms with van der Waals surface area (Å²) in [6, 6.07) is 17.7. The molecule has 0 saturated heterocycles. The zero-order valence-electron chi connectivity index (χ0n) is 13.4. The number of benzene rings is 2. The third kappa shape index (κ3) is 3.68. The van der Waals surface area contributed by atoms with Gasteiger partial charge >= 0.3 is 0 Å².